The van der Waals surface area contributed by atoms with Gasteiger partial charge in [-0.1, -0.05) is 0 Å². The summed E-state index contributed by atoms with van der Waals surface area (Å²) in [6.07, 6.45) is -5.57. The average molecular weight is 297 g/mol. The molecule has 0 fully saturated rings. The fourth-order valence-electron chi connectivity index (χ4n) is 1.41. The molecule has 0 aromatic carbocycles. The van der Waals surface area contributed by atoms with Gasteiger partial charge in [0.1, 0.15) is 12.4 Å². The highest BCUT2D eigenvalue weighted by Crippen LogP contribution is 2.32. The highest BCUT2D eigenvalue weighted by Gasteiger charge is 2.34. The highest BCUT2D eigenvalue weighted by molar-refractivity contribution is 5.73. The van der Waals surface area contributed by atoms with Crippen molar-refractivity contribution in [1.82, 2.24) is 4.98 Å². The Hall–Kier alpha value is -2.06. The molecule has 0 amide bonds. The van der Waals surface area contributed by atoms with E-state index in [4.69, 9.17) is 4.74 Å². The first-order valence-electron chi connectivity index (χ1n) is 5.26. The van der Waals surface area contributed by atoms with Crippen LogP contribution in [0.1, 0.15) is 11.3 Å². The monoisotopic (exact) mass is 297 g/mol. The predicted molar refractivity (Wildman–Crippen MR) is 58.0 cm³/mol. The van der Waals surface area contributed by atoms with E-state index in [-0.39, 0.29) is 11.4 Å². The molecule has 0 aliphatic rings. The van der Waals surface area contributed by atoms with Crippen LogP contribution in [0.5, 0.6) is 11.6 Å². The number of esters is 1. The Morgan fingerprint density at radius 2 is 2.00 bits per heavy atom. The van der Waals surface area contributed by atoms with Crippen LogP contribution in [0.4, 0.5) is 17.6 Å². The summed E-state index contributed by atoms with van der Waals surface area (Å²) in [7, 11) is 2.28. The molecule has 0 N–H and O–H groups in total. The Balaban J connectivity index is 3.30. The third kappa shape index (κ3) is 4.25. The second kappa shape index (κ2) is 6.40. The van der Waals surface area contributed by atoms with Crippen molar-refractivity contribution in [3.8, 4) is 11.6 Å². The molecule has 1 aromatic rings. The molecule has 0 radical (unpaired) electrons. The van der Waals surface area contributed by atoms with E-state index in [1.54, 1.807) is 0 Å². The van der Waals surface area contributed by atoms with Crippen LogP contribution in [0, 0.1) is 0 Å². The largest absolute Gasteiger partial charge is 0.573 e. The van der Waals surface area contributed by atoms with Gasteiger partial charge in [0.05, 0.1) is 20.6 Å². The number of pyridine rings is 1. The molecule has 5 nitrogen and oxygen atoms in total. The molecule has 0 saturated heterocycles. The van der Waals surface area contributed by atoms with Crippen molar-refractivity contribution in [1.29, 1.82) is 0 Å². The molecule has 1 aromatic heterocycles. The summed E-state index contributed by atoms with van der Waals surface area (Å²) in [5.41, 5.74) is -0.839. The van der Waals surface area contributed by atoms with Crippen LogP contribution >= 0.6 is 0 Å². The zero-order chi connectivity index (χ0) is 15.3. The molecule has 0 aliphatic carbocycles. The Kier molecular flexibility index (Phi) is 5.12. The number of methoxy groups -OCH3 is 2. The van der Waals surface area contributed by atoms with Gasteiger partial charge in [-0.3, -0.25) is 4.79 Å². The van der Waals surface area contributed by atoms with E-state index >= 15 is 0 Å². The van der Waals surface area contributed by atoms with Gasteiger partial charge >= 0.3 is 12.3 Å². The lowest BCUT2D eigenvalue weighted by Crippen LogP contribution is -2.20. The molecule has 112 valence electrons. The molecule has 0 aliphatic heterocycles. The third-order valence-electron chi connectivity index (χ3n) is 2.21. The summed E-state index contributed by atoms with van der Waals surface area (Å²) < 4.78 is 62.6. The van der Waals surface area contributed by atoms with Gasteiger partial charge < -0.3 is 14.2 Å². The normalized spacial score (nSPS) is 11.1. The van der Waals surface area contributed by atoms with Crippen LogP contribution < -0.4 is 9.47 Å². The van der Waals surface area contributed by atoms with E-state index < -0.39 is 36.9 Å². The highest BCUT2D eigenvalue weighted by atomic mass is 19.4. The van der Waals surface area contributed by atoms with Gasteiger partial charge in [0.15, 0.2) is 5.75 Å². The first-order valence-corrected chi connectivity index (χ1v) is 5.26. The smallest absolute Gasteiger partial charge is 0.481 e. The number of aromatic nitrogens is 1. The molecule has 20 heavy (non-hydrogen) atoms. The second-order valence-corrected chi connectivity index (χ2v) is 3.53. The zero-order valence-corrected chi connectivity index (χ0v) is 10.6. The lowest BCUT2D eigenvalue weighted by Gasteiger charge is -2.16. The van der Waals surface area contributed by atoms with Crippen molar-refractivity contribution in [3.63, 3.8) is 0 Å². The zero-order valence-electron chi connectivity index (χ0n) is 10.6. The minimum atomic E-state index is -5.04. The Bertz CT molecular complexity index is 490. The molecule has 0 saturated carbocycles. The third-order valence-corrected chi connectivity index (χ3v) is 2.21. The van der Waals surface area contributed by atoms with Crippen molar-refractivity contribution in [2.24, 2.45) is 0 Å². The lowest BCUT2D eigenvalue weighted by atomic mass is 10.1. The molecular weight excluding hydrogens is 286 g/mol. The number of halogens is 4. The van der Waals surface area contributed by atoms with Gasteiger partial charge in [0.25, 0.3) is 0 Å². The van der Waals surface area contributed by atoms with Gasteiger partial charge in [0, 0.05) is 11.6 Å². The van der Waals surface area contributed by atoms with E-state index in [1.165, 1.54) is 7.11 Å². The SMILES string of the molecule is COC(=O)Cc1cc(OC)nc(CF)c1OC(F)(F)F. The number of nitrogens with zero attached hydrogens (tertiary/aromatic N) is 1. The minimum Gasteiger partial charge on any atom is -0.481 e. The first kappa shape index (κ1) is 16.0. The standard InChI is InChI=1S/C11H11F4NO4/c1-18-8-3-6(4-9(17)19-2)10(7(5-12)16-8)20-11(13,14)15/h3H,4-5H2,1-2H3. The quantitative estimate of drug-likeness (QED) is 0.616. The number of hydrogen-bond donors (Lipinski definition) is 0. The Labute approximate surface area is 111 Å². The first-order chi connectivity index (χ1) is 9.30. The summed E-state index contributed by atoms with van der Waals surface area (Å²) in [6, 6.07) is 1.05. The molecule has 0 bridgehead atoms. The van der Waals surface area contributed by atoms with Crippen molar-refractivity contribution in [2.75, 3.05) is 14.2 Å². The number of rotatable bonds is 5. The van der Waals surface area contributed by atoms with Crippen LogP contribution in [0.3, 0.4) is 0 Å². The van der Waals surface area contributed by atoms with Crippen LogP contribution in [-0.2, 0) is 22.6 Å². The molecule has 0 unspecified atom stereocenters. The van der Waals surface area contributed by atoms with Gasteiger partial charge in [0.2, 0.25) is 5.88 Å². The van der Waals surface area contributed by atoms with Crippen molar-refractivity contribution in [3.05, 3.63) is 17.3 Å². The van der Waals surface area contributed by atoms with Crippen LogP contribution in [0.25, 0.3) is 0 Å². The number of alkyl halides is 4. The minimum absolute atomic E-state index is 0.133. The van der Waals surface area contributed by atoms with E-state index in [9.17, 15) is 22.4 Å². The Morgan fingerprint density at radius 1 is 1.35 bits per heavy atom. The Morgan fingerprint density at radius 3 is 2.45 bits per heavy atom. The molecule has 0 atom stereocenters. The average Bonchev–Trinajstić information content (AvgIpc) is 2.38. The van der Waals surface area contributed by atoms with Gasteiger partial charge in [-0.15, -0.1) is 13.2 Å². The second-order valence-electron chi connectivity index (χ2n) is 3.53. The fraction of sp³-hybridized carbons (Fsp3) is 0.455. The molecule has 1 rings (SSSR count). The summed E-state index contributed by atoms with van der Waals surface area (Å²) in [5.74, 6) is -1.80. The maximum atomic E-state index is 12.8. The number of ether oxygens (including phenoxy) is 3. The number of carbonyl (C=O) groups is 1. The number of hydrogen-bond acceptors (Lipinski definition) is 5. The van der Waals surface area contributed by atoms with Crippen molar-refractivity contribution >= 4 is 5.97 Å². The van der Waals surface area contributed by atoms with E-state index in [0.29, 0.717) is 0 Å². The van der Waals surface area contributed by atoms with E-state index in [0.717, 1.165) is 13.2 Å². The summed E-state index contributed by atoms with van der Waals surface area (Å²) in [4.78, 5) is 14.7. The van der Waals surface area contributed by atoms with Gasteiger partial charge in [-0.25, -0.2) is 9.37 Å². The maximum Gasteiger partial charge on any atom is 0.573 e. The van der Waals surface area contributed by atoms with Gasteiger partial charge in [-0.2, -0.15) is 0 Å². The van der Waals surface area contributed by atoms with Crippen molar-refractivity contribution < 1.29 is 36.6 Å². The number of carbonyl (C=O) groups excluding carboxylic acids is 1. The van der Waals surface area contributed by atoms with Crippen molar-refractivity contribution in [2.45, 2.75) is 19.5 Å². The molecule has 9 heteroatoms. The summed E-state index contributed by atoms with van der Waals surface area (Å²) >= 11 is 0. The van der Waals surface area contributed by atoms with Crippen LogP contribution in [0.15, 0.2) is 6.07 Å². The fourth-order valence-corrected chi connectivity index (χ4v) is 1.41. The molecule has 0 spiro atoms. The van der Waals surface area contributed by atoms with Crippen LogP contribution in [-0.4, -0.2) is 31.5 Å². The van der Waals surface area contributed by atoms with E-state index in [1.807, 2.05) is 0 Å². The lowest BCUT2D eigenvalue weighted by molar-refractivity contribution is -0.275. The summed E-state index contributed by atoms with van der Waals surface area (Å²) in [5, 5.41) is 0. The van der Waals surface area contributed by atoms with E-state index in [2.05, 4.69) is 14.5 Å². The molecular formula is C11H11F4NO4. The topological polar surface area (TPSA) is 57.7 Å². The van der Waals surface area contributed by atoms with Crippen LogP contribution in [0.2, 0.25) is 0 Å². The predicted octanol–water partition coefficient (Wildman–Crippen LogP) is 2.17. The van der Waals surface area contributed by atoms with Gasteiger partial charge in [-0.05, 0) is 0 Å². The summed E-state index contributed by atoms with van der Waals surface area (Å²) in [6.45, 7) is -1.31. The molecule has 1 heterocycles. The maximum absolute atomic E-state index is 12.8.